The van der Waals surface area contributed by atoms with Crippen molar-refractivity contribution in [1.29, 1.82) is 0 Å². The molecule has 2 N–H and O–H groups in total. The molecular weight excluding hydrogens is 246 g/mol. The molecule has 0 bridgehead atoms. The Kier molecular flexibility index (Phi) is 6.08. The smallest absolute Gasteiger partial charge is 0.0640 e. The summed E-state index contributed by atoms with van der Waals surface area (Å²) in [6, 6.07) is 2.97. The summed E-state index contributed by atoms with van der Waals surface area (Å²) in [7, 11) is 0. The average Bonchev–Trinajstić information content (AvgIpc) is 2.89. The van der Waals surface area contributed by atoms with Gasteiger partial charge in [0.25, 0.3) is 0 Å². The Morgan fingerprint density at radius 1 is 1.25 bits per heavy atom. The molecule has 20 heavy (non-hydrogen) atoms. The second kappa shape index (κ2) is 7.82. The van der Waals surface area contributed by atoms with E-state index in [0.29, 0.717) is 6.04 Å². The van der Waals surface area contributed by atoms with Crippen molar-refractivity contribution >= 4 is 0 Å². The molecule has 0 amide bonds. The first-order valence-corrected chi connectivity index (χ1v) is 8.52. The van der Waals surface area contributed by atoms with Crippen LogP contribution in [0.15, 0.2) is 12.3 Å². The van der Waals surface area contributed by atoms with Gasteiger partial charge in [-0.05, 0) is 31.2 Å². The molecule has 1 aromatic heterocycles. The summed E-state index contributed by atoms with van der Waals surface area (Å²) in [6.45, 7) is 4.45. The highest BCUT2D eigenvalue weighted by Gasteiger charge is 2.18. The van der Waals surface area contributed by atoms with Crippen molar-refractivity contribution < 1.29 is 0 Å². The molecule has 1 aliphatic carbocycles. The van der Waals surface area contributed by atoms with Gasteiger partial charge < -0.3 is 5.73 Å². The van der Waals surface area contributed by atoms with E-state index in [-0.39, 0.29) is 6.04 Å². The predicted molar refractivity (Wildman–Crippen MR) is 84.7 cm³/mol. The second-order valence-electron chi connectivity index (χ2n) is 6.46. The number of rotatable bonds is 7. The average molecular weight is 277 g/mol. The van der Waals surface area contributed by atoms with Crippen LogP contribution in [0.2, 0.25) is 0 Å². The topological polar surface area (TPSA) is 43.8 Å². The first-order valence-electron chi connectivity index (χ1n) is 8.52. The summed E-state index contributed by atoms with van der Waals surface area (Å²) in [5.41, 5.74) is 7.50. The highest BCUT2D eigenvalue weighted by atomic mass is 15.3. The second-order valence-corrected chi connectivity index (χ2v) is 6.46. The number of hydrogen-bond donors (Lipinski definition) is 1. The molecule has 1 aliphatic rings. The third kappa shape index (κ3) is 4.34. The zero-order valence-electron chi connectivity index (χ0n) is 13.2. The summed E-state index contributed by atoms with van der Waals surface area (Å²) in [4.78, 5) is 0. The van der Waals surface area contributed by atoms with Gasteiger partial charge in [-0.2, -0.15) is 5.10 Å². The molecule has 1 aromatic rings. The largest absolute Gasteiger partial charge is 0.327 e. The first kappa shape index (κ1) is 15.6. The summed E-state index contributed by atoms with van der Waals surface area (Å²) in [5, 5.41) is 4.72. The Bertz CT molecular complexity index is 375. The van der Waals surface area contributed by atoms with Crippen LogP contribution < -0.4 is 5.73 Å². The Morgan fingerprint density at radius 2 is 1.95 bits per heavy atom. The highest BCUT2D eigenvalue weighted by Crippen LogP contribution is 2.27. The molecule has 0 aliphatic heterocycles. The van der Waals surface area contributed by atoms with Gasteiger partial charge in [-0.15, -0.1) is 0 Å². The molecule has 1 saturated carbocycles. The monoisotopic (exact) mass is 277 g/mol. The molecule has 2 rings (SSSR count). The quantitative estimate of drug-likeness (QED) is 0.816. The molecule has 0 aromatic carbocycles. The van der Waals surface area contributed by atoms with Gasteiger partial charge in [0, 0.05) is 18.7 Å². The number of aromatic nitrogens is 2. The van der Waals surface area contributed by atoms with Gasteiger partial charge in [-0.3, -0.25) is 4.68 Å². The molecular formula is C17H31N3. The summed E-state index contributed by atoms with van der Waals surface area (Å²) >= 11 is 0. The van der Waals surface area contributed by atoms with Crippen molar-refractivity contribution in [2.75, 3.05) is 0 Å². The fourth-order valence-electron chi connectivity index (χ4n) is 3.56. The van der Waals surface area contributed by atoms with Gasteiger partial charge in [-0.1, -0.05) is 46.0 Å². The molecule has 1 unspecified atom stereocenters. The lowest BCUT2D eigenvalue weighted by atomic mass is 9.84. The third-order valence-corrected chi connectivity index (χ3v) is 4.81. The molecule has 0 spiro atoms. The first-order chi connectivity index (χ1) is 9.72. The van der Waals surface area contributed by atoms with E-state index in [4.69, 9.17) is 10.8 Å². The maximum absolute atomic E-state index is 6.34. The van der Waals surface area contributed by atoms with Gasteiger partial charge >= 0.3 is 0 Å². The maximum Gasteiger partial charge on any atom is 0.0640 e. The SMILES string of the molecule is CCC(CC)n1ccc(CC(N)CC2CCCCC2)n1. The molecule has 3 heteroatoms. The standard InChI is InChI=1S/C17H31N3/c1-3-17(4-2)20-11-10-16(19-20)13-15(18)12-14-8-6-5-7-9-14/h10-11,14-15,17H,3-9,12-13,18H2,1-2H3. The van der Waals surface area contributed by atoms with E-state index in [1.807, 2.05) is 0 Å². The lowest BCUT2D eigenvalue weighted by molar-refractivity contribution is 0.315. The Hall–Kier alpha value is -0.830. The predicted octanol–water partition coefficient (Wildman–Crippen LogP) is 4.08. The van der Waals surface area contributed by atoms with E-state index in [0.717, 1.165) is 25.2 Å². The van der Waals surface area contributed by atoms with Crippen LogP contribution in [-0.2, 0) is 6.42 Å². The van der Waals surface area contributed by atoms with E-state index in [1.165, 1.54) is 44.2 Å². The molecule has 0 saturated heterocycles. The molecule has 0 radical (unpaired) electrons. The number of hydrogen-bond acceptors (Lipinski definition) is 2. The van der Waals surface area contributed by atoms with E-state index in [1.54, 1.807) is 0 Å². The summed E-state index contributed by atoms with van der Waals surface area (Å²) < 4.78 is 2.13. The van der Waals surface area contributed by atoms with Crippen molar-refractivity contribution in [2.45, 2.75) is 83.7 Å². The fourth-order valence-corrected chi connectivity index (χ4v) is 3.56. The minimum absolute atomic E-state index is 0.281. The van der Waals surface area contributed by atoms with Gasteiger partial charge in [0.15, 0.2) is 0 Å². The van der Waals surface area contributed by atoms with E-state index in [2.05, 4.69) is 30.8 Å². The van der Waals surface area contributed by atoms with Crippen molar-refractivity contribution in [1.82, 2.24) is 9.78 Å². The van der Waals surface area contributed by atoms with Crippen molar-refractivity contribution in [3.8, 4) is 0 Å². The van der Waals surface area contributed by atoms with Crippen LogP contribution in [0.1, 0.15) is 76.9 Å². The van der Waals surface area contributed by atoms with Gasteiger partial charge in [0.05, 0.1) is 11.7 Å². The Labute approximate surface area is 123 Å². The maximum atomic E-state index is 6.34. The van der Waals surface area contributed by atoms with Crippen LogP contribution in [0, 0.1) is 5.92 Å². The van der Waals surface area contributed by atoms with Crippen LogP contribution in [0.4, 0.5) is 0 Å². The minimum Gasteiger partial charge on any atom is -0.327 e. The van der Waals surface area contributed by atoms with Gasteiger partial charge in [-0.25, -0.2) is 0 Å². The highest BCUT2D eigenvalue weighted by molar-refractivity contribution is 5.02. The van der Waals surface area contributed by atoms with Crippen molar-refractivity contribution in [2.24, 2.45) is 11.7 Å². The molecule has 1 fully saturated rings. The van der Waals surface area contributed by atoms with Crippen molar-refractivity contribution in [3.05, 3.63) is 18.0 Å². The van der Waals surface area contributed by atoms with Crippen LogP contribution in [-0.4, -0.2) is 15.8 Å². The van der Waals surface area contributed by atoms with Crippen LogP contribution in [0.3, 0.4) is 0 Å². The van der Waals surface area contributed by atoms with Crippen LogP contribution in [0.25, 0.3) is 0 Å². The lowest BCUT2D eigenvalue weighted by Gasteiger charge is -2.24. The fraction of sp³-hybridized carbons (Fsp3) is 0.824. The zero-order chi connectivity index (χ0) is 14.4. The number of nitrogens with zero attached hydrogens (tertiary/aromatic N) is 2. The van der Waals surface area contributed by atoms with Gasteiger partial charge in [0.2, 0.25) is 0 Å². The van der Waals surface area contributed by atoms with Gasteiger partial charge in [0.1, 0.15) is 0 Å². The Balaban J connectivity index is 1.83. The molecule has 114 valence electrons. The molecule has 1 heterocycles. The minimum atomic E-state index is 0.281. The Morgan fingerprint density at radius 3 is 2.60 bits per heavy atom. The normalized spacial score (nSPS) is 18.6. The van der Waals surface area contributed by atoms with Crippen LogP contribution >= 0.6 is 0 Å². The van der Waals surface area contributed by atoms with E-state index in [9.17, 15) is 0 Å². The summed E-state index contributed by atoms with van der Waals surface area (Å²) in [6.07, 6.45) is 13.5. The molecule has 1 atom stereocenters. The van der Waals surface area contributed by atoms with Crippen molar-refractivity contribution in [3.63, 3.8) is 0 Å². The number of nitrogens with two attached hydrogens (primary N) is 1. The third-order valence-electron chi connectivity index (χ3n) is 4.81. The van der Waals surface area contributed by atoms with E-state index < -0.39 is 0 Å². The van der Waals surface area contributed by atoms with Crippen LogP contribution in [0.5, 0.6) is 0 Å². The lowest BCUT2D eigenvalue weighted by Crippen LogP contribution is -2.27. The zero-order valence-corrected chi connectivity index (χ0v) is 13.2. The molecule has 3 nitrogen and oxygen atoms in total. The van der Waals surface area contributed by atoms with E-state index >= 15 is 0 Å². The summed E-state index contributed by atoms with van der Waals surface area (Å²) in [5.74, 6) is 0.861.